The fraction of sp³-hybridized carbons (Fsp3) is 0.294. The zero-order chi connectivity index (χ0) is 16.7. The standard InChI is InChI=1S/C17H20FN3O2/c1-12(19)4-7-17(22)21-10-13-5-6-16(15(18)9-13)23-14-3-2-8-20-11-14/h2-3,5-6,8-9,11-12H,4,7,10,19H2,1H3,(H,21,22). The maximum Gasteiger partial charge on any atom is 0.220 e. The van der Waals surface area contributed by atoms with E-state index in [1.165, 1.54) is 18.3 Å². The number of halogens is 1. The Labute approximate surface area is 134 Å². The molecule has 1 aromatic heterocycles. The third-order valence-corrected chi connectivity index (χ3v) is 3.17. The van der Waals surface area contributed by atoms with Crippen LogP contribution in [0.25, 0.3) is 0 Å². The van der Waals surface area contributed by atoms with Gasteiger partial charge in [-0.25, -0.2) is 4.39 Å². The Morgan fingerprint density at radius 2 is 2.26 bits per heavy atom. The molecule has 0 fully saturated rings. The van der Waals surface area contributed by atoms with E-state index in [0.29, 0.717) is 24.2 Å². The molecule has 0 spiro atoms. The van der Waals surface area contributed by atoms with Gasteiger partial charge in [0.2, 0.25) is 5.91 Å². The molecule has 0 saturated carbocycles. The van der Waals surface area contributed by atoms with Crippen LogP contribution < -0.4 is 15.8 Å². The van der Waals surface area contributed by atoms with Crippen molar-refractivity contribution in [3.05, 3.63) is 54.1 Å². The van der Waals surface area contributed by atoms with Crippen LogP contribution in [0.5, 0.6) is 11.5 Å². The highest BCUT2D eigenvalue weighted by Crippen LogP contribution is 2.24. The molecule has 1 heterocycles. The van der Waals surface area contributed by atoms with Gasteiger partial charge in [0, 0.05) is 25.2 Å². The lowest BCUT2D eigenvalue weighted by atomic mass is 10.1. The number of nitrogens with one attached hydrogen (secondary N) is 1. The predicted molar refractivity (Wildman–Crippen MR) is 85.4 cm³/mol. The van der Waals surface area contributed by atoms with E-state index in [4.69, 9.17) is 10.5 Å². The van der Waals surface area contributed by atoms with Gasteiger partial charge in [-0.15, -0.1) is 0 Å². The molecule has 3 N–H and O–H groups in total. The Bertz CT molecular complexity index is 648. The molecule has 0 aliphatic carbocycles. The Kier molecular flexibility index (Phi) is 6.05. The first kappa shape index (κ1) is 16.9. The van der Waals surface area contributed by atoms with Gasteiger partial charge in [-0.3, -0.25) is 9.78 Å². The summed E-state index contributed by atoms with van der Waals surface area (Å²) in [5, 5.41) is 2.74. The Balaban J connectivity index is 1.90. The summed E-state index contributed by atoms with van der Waals surface area (Å²) in [5.41, 5.74) is 6.26. The third kappa shape index (κ3) is 5.67. The largest absolute Gasteiger partial charge is 0.453 e. The summed E-state index contributed by atoms with van der Waals surface area (Å²) < 4.78 is 19.5. The van der Waals surface area contributed by atoms with Crippen molar-refractivity contribution < 1.29 is 13.9 Å². The molecule has 1 amide bonds. The molecule has 122 valence electrons. The molecule has 0 aliphatic heterocycles. The lowest BCUT2D eigenvalue weighted by molar-refractivity contribution is -0.121. The predicted octanol–water partition coefficient (Wildman–Crippen LogP) is 2.76. The van der Waals surface area contributed by atoms with Crippen molar-refractivity contribution in [2.24, 2.45) is 5.73 Å². The van der Waals surface area contributed by atoms with Gasteiger partial charge in [0.1, 0.15) is 5.75 Å². The van der Waals surface area contributed by atoms with E-state index in [1.54, 1.807) is 24.4 Å². The minimum absolute atomic E-state index is 0.0119. The molecule has 0 bridgehead atoms. The average molecular weight is 317 g/mol. The van der Waals surface area contributed by atoms with E-state index in [1.807, 2.05) is 6.92 Å². The molecular formula is C17H20FN3O2. The van der Waals surface area contributed by atoms with Gasteiger partial charge in [0.25, 0.3) is 0 Å². The van der Waals surface area contributed by atoms with Crippen LogP contribution in [0.15, 0.2) is 42.7 Å². The van der Waals surface area contributed by atoms with E-state index < -0.39 is 5.82 Å². The number of rotatable bonds is 7. The Hall–Kier alpha value is -2.47. The summed E-state index contributed by atoms with van der Waals surface area (Å²) in [6.07, 6.45) is 4.10. The van der Waals surface area contributed by atoms with Crippen molar-refractivity contribution in [3.8, 4) is 11.5 Å². The molecule has 6 heteroatoms. The van der Waals surface area contributed by atoms with Crippen LogP contribution in [0.1, 0.15) is 25.3 Å². The SMILES string of the molecule is CC(N)CCC(=O)NCc1ccc(Oc2cccnc2)c(F)c1. The molecule has 5 nitrogen and oxygen atoms in total. The molecule has 0 radical (unpaired) electrons. The molecule has 1 aromatic carbocycles. The quantitative estimate of drug-likeness (QED) is 0.823. The van der Waals surface area contributed by atoms with Crippen molar-refractivity contribution in [3.63, 3.8) is 0 Å². The zero-order valence-corrected chi connectivity index (χ0v) is 13.0. The first-order valence-corrected chi connectivity index (χ1v) is 7.43. The lowest BCUT2D eigenvalue weighted by Gasteiger charge is -2.09. The fourth-order valence-electron chi connectivity index (χ4n) is 1.92. The van der Waals surface area contributed by atoms with Gasteiger partial charge in [-0.1, -0.05) is 6.07 Å². The first-order chi connectivity index (χ1) is 11.0. The first-order valence-electron chi connectivity index (χ1n) is 7.43. The second-order valence-electron chi connectivity index (χ2n) is 5.35. The highest BCUT2D eigenvalue weighted by Gasteiger charge is 2.08. The van der Waals surface area contributed by atoms with Crippen LogP contribution in [0.4, 0.5) is 4.39 Å². The van der Waals surface area contributed by atoms with Crippen LogP contribution in [0.2, 0.25) is 0 Å². The van der Waals surface area contributed by atoms with Crippen LogP contribution in [0.3, 0.4) is 0 Å². The smallest absolute Gasteiger partial charge is 0.220 e. The maximum absolute atomic E-state index is 14.0. The van der Waals surface area contributed by atoms with Gasteiger partial charge >= 0.3 is 0 Å². The van der Waals surface area contributed by atoms with Gasteiger partial charge in [-0.2, -0.15) is 0 Å². The molecule has 23 heavy (non-hydrogen) atoms. The van der Waals surface area contributed by atoms with Crippen molar-refractivity contribution in [2.45, 2.75) is 32.4 Å². The summed E-state index contributed by atoms with van der Waals surface area (Å²) in [7, 11) is 0. The topological polar surface area (TPSA) is 77.2 Å². The lowest BCUT2D eigenvalue weighted by Crippen LogP contribution is -2.25. The second kappa shape index (κ2) is 8.24. The summed E-state index contributed by atoms with van der Waals surface area (Å²) in [4.78, 5) is 15.5. The molecule has 1 unspecified atom stereocenters. The zero-order valence-electron chi connectivity index (χ0n) is 13.0. The summed E-state index contributed by atoms with van der Waals surface area (Å²) in [5.74, 6) is -0.0111. The summed E-state index contributed by atoms with van der Waals surface area (Å²) >= 11 is 0. The molecule has 2 rings (SSSR count). The van der Waals surface area contributed by atoms with Crippen LogP contribution in [-0.2, 0) is 11.3 Å². The van der Waals surface area contributed by atoms with Gasteiger partial charge < -0.3 is 15.8 Å². The monoisotopic (exact) mass is 317 g/mol. The highest BCUT2D eigenvalue weighted by molar-refractivity contribution is 5.75. The number of hydrogen-bond donors (Lipinski definition) is 2. The molecule has 2 aromatic rings. The molecule has 0 saturated heterocycles. The van der Waals surface area contributed by atoms with Crippen LogP contribution in [0, 0.1) is 5.82 Å². The van der Waals surface area contributed by atoms with E-state index >= 15 is 0 Å². The van der Waals surface area contributed by atoms with E-state index in [9.17, 15) is 9.18 Å². The number of pyridine rings is 1. The van der Waals surface area contributed by atoms with Crippen molar-refractivity contribution >= 4 is 5.91 Å². The molecular weight excluding hydrogens is 297 g/mol. The number of nitrogens with two attached hydrogens (primary N) is 1. The highest BCUT2D eigenvalue weighted by atomic mass is 19.1. The van der Waals surface area contributed by atoms with Crippen molar-refractivity contribution in [1.82, 2.24) is 10.3 Å². The van der Waals surface area contributed by atoms with Crippen molar-refractivity contribution in [1.29, 1.82) is 0 Å². The van der Waals surface area contributed by atoms with Crippen LogP contribution in [-0.4, -0.2) is 16.9 Å². The van der Waals surface area contributed by atoms with E-state index in [-0.39, 0.29) is 24.2 Å². The van der Waals surface area contributed by atoms with E-state index in [2.05, 4.69) is 10.3 Å². The number of carbonyl (C=O) groups is 1. The fourth-order valence-corrected chi connectivity index (χ4v) is 1.92. The van der Waals surface area contributed by atoms with Crippen LogP contribution >= 0.6 is 0 Å². The number of benzene rings is 1. The number of hydrogen-bond acceptors (Lipinski definition) is 4. The van der Waals surface area contributed by atoms with Gasteiger partial charge in [-0.05, 0) is 43.2 Å². The molecule has 0 aliphatic rings. The third-order valence-electron chi connectivity index (χ3n) is 3.17. The number of aromatic nitrogens is 1. The number of carbonyl (C=O) groups excluding carboxylic acids is 1. The second-order valence-corrected chi connectivity index (χ2v) is 5.35. The minimum atomic E-state index is -0.490. The summed E-state index contributed by atoms with van der Waals surface area (Å²) in [6, 6.07) is 7.98. The average Bonchev–Trinajstić information content (AvgIpc) is 2.54. The van der Waals surface area contributed by atoms with Gasteiger partial charge in [0.15, 0.2) is 11.6 Å². The number of amides is 1. The normalized spacial score (nSPS) is 11.8. The van der Waals surface area contributed by atoms with Gasteiger partial charge in [0.05, 0.1) is 6.20 Å². The van der Waals surface area contributed by atoms with E-state index in [0.717, 1.165) is 0 Å². The minimum Gasteiger partial charge on any atom is -0.453 e. The summed E-state index contributed by atoms with van der Waals surface area (Å²) in [6.45, 7) is 2.12. The Morgan fingerprint density at radius 1 is 1.43 bits per heavy atom. The van der Waals surface area contributed by atoms with Crippen molar-refractivity contribution in [2.75, 3.05) is 0 Å². The molecule has 1 atom stereocenters. The number of nitrogens with zero attached hydrogens (tertiary/aromatic N) is 1. The Morgan fingerprint density at radius 3 is 2.91 bits per heavy atom. The maximum atomic E-state index is 14.0. The number of ether oxygens (including phenoxy) is 1.